The fourth-order valence-electron chi connectivity index (χ4n) is 3.28. The number of benzene rings is 1. The summed E-state index contributed by atoms with van der Waals surface area (Å²) in [6.45, 7) is 3.64. The molecule has 1 aliphatic rings. The lowest BCUT2D eigenvalue weighted by molar-refractivity contribution is -0.192. The number of carboxylic acids is 1. The fourth-order valence-corrected chi connectivity index (χ4v) is 3.28. The first-order valence-corrected chi connectivity index (χ1v) is 10.6. The number of piperidine rings is 1. The van der Waals surface area contributed by atoms with Gasteiger partial charge in [0.2, 0.25) is 0 Å². The Kier molecular flexibility index (Phi) is 8.07. The number of aliphatic carboxylic acids is 1. The second kappa shape index (κ2) is 11.0. The van der Waals surface area contributed by atoms with E-state index in [1.54, 1.807) is 36.4 Å². The molecule has 12 heteroatoms. The molecule has 3 N–H and O–H groups in total. The summed E-state index contributed by atoms with van der Waals surface area (Å²) in [5.74, 6) is -3.31. The van der Waals surface area contributed by atoms with Crippen LogP contribution in [0.15, 0.2) is 48.8 Å². The number of pyridine rings is 1. The van der Waals surface area contributed by atoms with Crippen LogP contribution < -0.4 is 10.6 Å². The van der Waals surface area contributed by atoms with E-state index in [-0.39, 0.29) is 18.0 Å². The number of imidazole rings is 1. The van der Waals surface area contributed by atoms with Crippen molar-refractivity contribution in [2.75, 3.05) is 18.4 Å². The monoisotopic (exact) mass is 492 g/mol. The molecule has 1 saturated heterocycles. The molecule has 186 valence electrons. The summed E-state index contributed by atoms with van der Waals surface area (Å²) in [7, 11) is 0. The standard InChI is InChI=1S/C21H22N4O3.C2HF3O2/c1-14-13-25-11-8-16(12-19(25)23-14)20(26)24-17-4-2-15(3-5-17)21(27)28-18-6-9-22-10-7-18;3-2(4,5)1(6)7/h2-5,8,11-13,18,22H,6-7,9-10H2,1H3,(H,24,26);(H,6,7). The normalized spacial score (nSPS) is 14.1. The van der Waals surface area contributed by atoms with Crippen LogP contribution >= 0.6 is 0 Å². The van der Waals surface area contributed by atoms with Crippen LogP contribution in [0.4, 0.5) is 18.9 Å². The topological polar surface area (TPSA) is 122 Å². The van der Waals surface area contributed by atoms with Crippen molar-refractivity contribution < 1.29 is 37.4 Å². The zero-order valence-electron chi connectivity index (χ0n) is 18.6. The van der Waals surface area contributed by atoms with Gasteiger partial charge in [-0.3, -0.25) is 4.79 Å². The highest BCUT2D eigenvalue weighted by Crippen LogP contribution is 2.16. The van der Waals surface area contributed by atoms with Gasteiger partial charge in [0.1, 0.15) is 11.8 Å². The molecule has 0 aliphatic carbocycles. The third-order valence-electron chi connectivity index (χ3n) is 5.02. The number of amides is 1. The molecule has 3 aromatic rings. The van der Waals surface area contributed by atoms with Crippen molar-refractivity contribution in [1.82, 2.24) is 14.7 Å². The van der Waals surface area contributed by atoms with Gasteiger partial charge in [-0.05, 0) is 69.3 Å². The van der Waals surface area contributed by atoms with Crippen molar-refractivity contribution in [1.29, 1.82) is 0 Å². The van der Waals surface area contributed by atoms with Gasteiger partial charge in [0, 0.05) is 23.6 Å². The largest absolute Gasteiger partial charge is 0.490 e. The minimum atomic E-state index is -5.08. The maximum Gasteiger partial charge on any atom is 0.490 e. The van der Waals surface area contributed by atoms with Gasteiger partial charge in [-0.15, -0.1) is 0 Å². The Hall–Kier alpha value is -3.93. The number of rotatable bonds is 4. The zero-order valence-corrected chi connectivity index (χ0v) is 18.6. The fraction of sp³-hybridized carbons (Fsp3) is 0.304. The van der Waals surface area contributed by atoms with Crippen LogP contribution in [0, 0.1) is 6.92 Å². The molecule has 2 aromatic heterocycles. The summed E-state index contributed by atoms with van der Waals surface area (Å²) in [5.41, 5.74) is 3.23. The smallest absolute Gasteiger partial charge is 0.475 e. The van der Waals surface area contributed by atoms with Crippen molar-refractivity contribution >= 4 is 29.2 Å². The van der Waals surface area contributed by atoms with E-state index in [1.165, 1.54) is 0 Å². The first kappa shape index (κ1) is 25.7. The maximum atomic E-state index is 12.5. The summed E-state index contributed by atoms with van der Waals surface area (Å²) in [5, 5.41) is 13.2. The highest BCUT2D eigenvalue weighted by atomic mass is 19.4. The molecule has 1 amide bonds. The van der Waals surface area contributed by atoms with Crippen LogP contribution in [0.5, 0.6) is 0 Å². The minimum absolute atomic E-state index is 0.0330. The minimum Gasteiger partial charge on any atom is -0.475 e. The SMILES string of the molecule is Cc1cn2ccc(C(=O)Nc3ccc(C(=O)OC4CCNCC4)cc3)cc2n1.O=C(O)C(F)(F)F. The van der Waals surface area contributed by atoms with E-state index >= 15 is 0 Å². The van der Waals surface area contributed by atoms with Crippen molar-refractivity contribution in [3.63, 3.8) is 0 Å². The number of ether oxygens (including phenoxy) is 1. The van der Waals surface area contributed by atoms with E-state index in [2.05, 4.69) is 15.6 Å². The van der Waals surface area contributed by atoms with Crippen LogP contribution in [0.25, 0.3) is 5.65 Å². The van der Waals surface area contributed by atoms with Gasteiger partial charge in [0.15, 0.2) is 0 Å². The molecule has 0 spiro atoms. The number of carboxylic acid groups (broad SMARTS) is 1. The average Bonchev–Trinajstić information content (AvgIpc) is 3.19. The number of nitrogens with zero attached hydrogens (tertiary/aromatic N) is 2. The van der Waals surface area contributed by atoms with Gasteiger partial charge in [-0.1, -0.05) is 0 Å². The molecule has 3 heterocycles. The highest BCUT2D eigenvalue weighted by molar-refractivity contribution is 6.05. The molecule has 0 saturated carbocycles. The van der Waals surface area contributed by atoms with E-state index in [9.17, 15) is 22.8 Å². The quantitative estimate of drug-likeness (QED) is 0.477. The van der Waals surface area contributed by atoms with Crippen molar-refractivity contribution in [2.24, 2.45) is 0 Å². The molecule has 35 heavy (non-hydrogen) atoms. The van der Waals surface area contributed by atoms with E-state index < -0.39 is 12.1 Å². The van der Waals surface area contributed by atoms with Gasteiger partial charge >= 0.3 is 18.1 Å². The first-order chi connectivity index (χ1) is 16.5. The Morgan fingerprint density at radius 1 is 1.11 bits per heavy atom. The number of aryl methyl sites for hydroxylation is 1. The number of aromatic nitrogens is 2. The van der Waals surface area contributed by atoms with Crippen LogP contribution in [0.3, 0.4) is 0 Å². The molecule has 1 aromatic carbocycles. The van der Waals surface area contributed by atoms with Gasteiger partial charge < -0.3 is 24.9 Å². The molecule has 1 aliphatic heterocycles. The van der Waals surface area contributed by atoms with Gasteiger partial charge in [-0.2, -0.15) is 13.2 Å². The lowest BCUT2D eigenvalue weighted by Gasteiger charge is -2.22. The Morgan fingerprint density at radius 2 is 1.74 bits per heavy atom. The zero-order chi connectivity index (χ0) is 25.6. The number of hydrogen-bond donors (Lipinski definition) is 3. The van der Waals surface area contributed by atoms with E-state index in [0.717, 1.165) is 37.3 Å². The highest BCUT2D eigenvalue weighted by Gasteiger charge is 2.38. The maximum absolute atomic E-state index is 12.5. The average molecular weight is 492 g/mol. The van der Waals surface area contributed by atoms with Gasteiger partial charge in [0.05, 0.1) is 11.3 Å². The number of carbonyl (C=O) groups is 3. The van der Waals surface area contributed by atoms with E-state index in [1.807, 2.05) is 23.7 Å². The third kappa shape index (κ3) is 7.27. The second-order valence-corrected chi connectivity index (χ2v) is 7.75. The number of nitrogens with one attached hydrogen (secondary N) is 2. The molecule has 9 nitrogen and oxygen atoms in total. The molecule has 0 bridgehead atoms. The van der Waals surface area contributed by atoms with Crippen molar-refractivity contribution in [3.8, 4) is 0 Å². The predicted molar refractivity (Wildman–Crippen MR) is 119 cm³/mol. The number of fused-ring (bicyclic) bond motifs is 1. The lowest BCUT2D eigenvalue weighted by Crippen LogP contribution is -2.33. The van der Waals surface area contributed by atoms with Gasteiger partial charge in [0.25, 0.3) is 5.91 Å². The summed E-state index contributed by atoms with van der Waals surface area (Å²) in [6, 6.07) is 10.2. The molecule has 0 radical (unpaired) electrons. The Labute approximate surface area is 197 Å². The van der Waals surface area contributed by atoms with Crippen LogP contribution in [0.1, 0.15) is 39.3 Å². The molecular formula is C23H23F3N4O5. The van der Waals surface area contributed by atoms with Crippen LogP contribution in [-0.2, 0) is 9.53 Å². The first-order valence-electron chi connectivity index (χ1n) is 10.6. The van der Waals surface area contributed by atoms with Crippen LogP contribution in [0.2, 0.25) is 0 Å². The molecule has 0 unspecified atom stereocenters. The summed E-state index contributed by atoms with van der Waals surface area (Å²) in [4.78, 5) is 38.0. The number of alkyl halides is 3. The third-order valence-corrected chi connectivity index (χ3v) is 5.02. The number of anilines is 1. The van der Waals surface area contributed by atoms with E-state index in [4.69, 9.17) is 14.6 Å². The number of esters is 1. The predicted octanol–water partition coefficient (Wildman–Crippen LogP) is 3.44. The molecular weight excluding hydrogens is 469 g/mol. The van der Waals surface area contributed by atoms with Crippen molar-refractivity contribution in [2.45, 2.75) is 32.0 Å². The number of hydrogen-bond acceptors (Lipinski definition) is 6. The molecule has 0 atom stereocenters. The summed E-state index contributed by atoms with van der Waals surface area (Å²) in [6.07, 6.45) is 0.262. The molecule has 4 rings (SSSR count). The van der Waals surface area contributed by atoms with E-state index in [0.29, 0.717) is 16.8 Å². The Balaban J connectivity index is 0.000000429. The number of halogens is 3. The summed E-state index contributed by atoms with van der Waals surface area (Å²) >= 11 is 0. The second-order valence-electron chi connectivity index (χ2n) is 7.75. The molecule has 1 fully saturated rings. The Morgan fingerprint density at radius 3 is 2.34 bits per heavy atom. The van der Waals surface area contributed by atoms with Crippen LogP contribution in [-0.4, -0.2) is 57.7 Å². The summed E-state index contributed by atoms with van der Waals surface area (Å²) < 4.78 is 39.1. The lowest BCUT2D eigenvalue weighted by atomic mass is 10.1. The number of carbonyl (C=O) groups excluding carboxylic acids is 2. The van der Waals surface area contributed by atoms with Gasteiger partial charge in [-0.25, -0.2) is 14.6 Å². The van der Waals surface area contributed by atoms with Crippen molar-refractivity contribution in [3.05, 3.63) is 65.6 Å². The Bertz CT molecular complexity index is 1200.